The van der Waals surface area contributed by atoms with Crippen LogP contribution in [0, 0.1) is 11.8 Å². The van der Waals surface area contributed by atoms with E-state index in [0.29, 0.717) is 11.1 Å². The van der Waals surface area contributed by atoms with Crippen molar-refractivity contribution in [2.45, 2.75) is 11.3 Å². The number of carbonyl (C=O) groups is 3. The Kier molecular flexibility index (Phi) is 3.93. The molecule has 2 bridgehead atoms. The lowest BCUT2D eigenvalue weighted by Gasteiger charge is -2.51. The van der Waals surface area contributed by atoms with Gasteiger partial charge < -0.3 is 5.11 Å². The van der Waals surface area contributed by atoms with E-state index in [1.807, 2.05) is 24.3 Å². The molecule has 3 aromatic rings. The number of anilines is 1. The van der Waals surface area contributed by atoms with E-state index in [4.69, 9.17) is 23.2 Å². The third-order valence-corrected chi connectivity index (χ3v) is 7.73. The van der Waals surface area contributed by atoms with Gasteiger partial charge in [0.2, 0.25) is 11.8 Å². The van der Waals surface area contributed by atoms with Crippen molar-refractivity contribution in [3.8, 4) is 0 Å². The molecule has 3 aromatic carbocycles. The molecule has 2 amide bonds. The van der Waals surface area contributed by atoms with Crippen LogP contribution in [0.15, 0.2) is 66.7 Å². The van der Waals surface area contributed by atoms with Gasteiger partial charge >= 0.3 is 5.97 Å². The number of benzene rings is 3. The van der Waals surface area contributed by atoms with Crippen molar-refractivity contribution in [1.82, 2.24) is 0 Å². The highest BCUT2D eigenvalue weighted by Crippen LogP contribution is 2.64. The molecule has 0 spiro atoms. The Morgan fingerprint density at radius 1 is 0.812 bits per heavy atom. The zero-order chi connectivity index (χ0) is 22.4. The SMILES string of the molecule is O=C1C2C3c4ccccc4C(C(=O)O)(c4ccccc43)C2C(=O)N1c1c(Cl)cccc1Cl. The Morgan fingerprint density at radius 2 is 1.34 bits per heavy atom. The number of hydrogen-bond acceptors (Lipinski definition) is 3. The van der Waals surface area contributed by atoms with Gasteiger partial charge in [-0.05, 0) is 34.4 Å². The van der Waals surface area contributed by atoms with Crippen LogP contribution in [-0.2, 0) is 19.8 Å². The second-order valence-corrected chi connectivity index (χ2v) is 9.17. The molecule has 7 rings (SSSR count). The number of carbonyl (C=O) groups excluding carboxylic acids is 2. The first kappa shape index (κ1) is 19.5. The highest BCUT2D eigenvalue weighted by molar-refractivity contribution is 6.42. The quantitative estimate of drug-likeness (QED) is 0.562. The van der Waals surface area contributed by atoms with Crippen molar-refractivity contribution in [1.29, 1.82) is 0 Å². The molecule has 4 aliphatic rings. The van der Waals surface area contributed by atoms with Crippen molar-refractivity contribution in [2.75, 3.05) is 4.90 Å². The number of halogens is 2. The van der Waals surface area contributed by atoms with E-state index in [2.05, 4.69) is 0 Å². The summed E-state index contributed by atoms with van der Waals surface area (Å²) in [7, 11) is 0. The van der Waals surface area contributed by atoms with Crippen molar-refractivity contribution in [3.63, 3.8) is 0 Å². The predicted molar refractivity (Wildman–Crippen MR) is 119 cm³/mol. The van der Waals surface area contributed by atoms with Gasteiger partial charge in [-0.15, -0.1) is 0 Å². The van der Waals surface area contributed by atoms with Gasteiger partial charge in [-0.1, -0.05) is 77.8 Å². The first-order chi connectivity index (χ1) is 15.4. The molecule has 1 saturated heterocycles. The topological polar surface area (TPSA) is 74.7 Å². The van der Waals surface area contributed by atoms with Crippen LogP contribution in [0.1, 0.15) is 28.2 Å². The van der Waals surface area contributed by atoms with Crippen molar-refractivity contribution in [3.05, 3.63) is 99.0 Å². The fourth-order valence-electron chi connectivity index (χ4n) is 6.06. The third kappa shape index (κ3) is 2.08. The van der Waals surface area contributed by atoms with Crippen molar-refractivity contribution < 1.29 is 19.5 Å². The molecule has 0 saturated carbocycles. The molecule has 0 aromatic heterocycles. The van der Waals surface area contributed by atoms with E-state index in [1.54, 1.807) is 42.5 Å². The van der Waals surface area contributed by atoms with Gasteiger partial charge in [-0.2, -0.15) is 0 Å². The Bertz CT molecular complexity index is 1300. The molecular formula is C25H15Cl2NO4. The minimum atomic E-state index is -1.68. The molecule has 1 fully saturated rings. The normalized spacial score (nSPS) is 27.2. The Morgan fingerprint density at radius 3 is 1.88 bits per heavy atom. The lowest BCUT2D eigenvalue weighted by molar-refractivity contribution is -0.149. The van der Waals surface area contributed by atoms with Gasteiger partial charge in [0.15, 0.2) is 0 Å². The average Bonchev–Trinajstić information content (AvgIpc) is 3.05. The Labute approximate surface area is 193 Å². The fraction of sp³-hybridized carbons (Fsp3) is 0.160. The summed E-state index contributed by atoms with van der Waals surface area (Å²) in [5.74, 6) is -4.62. The summed E-state index contributed by atoms with van der Waals surface area (Å²) in [5.41, 5.74) is 1.08. The largest absolute Gasteiger partial charge is 0.480 e. The summed E-state index contributed by atoms with van der Waals surface area (Å²) in [6, 6.07) is 19.1. The fourth-order valence-corrected chi connectivity index (χ4v) is 6.62. The monoisotopic (exact) mass is 463 g/mol. The first-order valence-electron chi connectivity index (χ1n) is 10.1. The molecule has 0 radical (unpaired) electrons. The summed E-state index contributed by atoms with van der Waals surface area (Å²) in [6.07, 6.45) is 0. The van der Waals surface area contributed by atoms with Gasteiger partial charge in [0.05, 0.1) is 27.6 Å². The molecule has 32 heavy (non-hydrogen) atoms. The predicted octanol–water partition coefficient (Wildman–Crippen LogP) is 4.63. The van der Waals surface area contributed by atoms with Gasteiger partial charge in [-0.25, -0.2) is 4.90 Å². The number of hydrogen-bond donors (Lipinski definition) is 1. The van der Waals surface area contributed by atoms with Gasteiger partial charge in [-0.3, -0.25) is 14.4 Å². The summed E-state index contributed by atoms with van der Waals surface area (Å²) in [4.78, 5) is 41.8. The molecule has 2 unspecified atom stereocenters. The number of nitrogens with zero attached hydrogens (tertiary/aromatic N) is 1. The highest BCUT2D eigenvalue weighted by atomic mass is 35.5. The summed E-state index contributed by atoms with van der Waals surface area (Å²) >= 11 is 12.7. The number of imide groups is 1. The van der Waals surface area contributed by atoms with Crippen LogP contribution >= 0.6 is 23.2 Å². The zero-order valence-corrected chi connectivity index (χ0v) is 18.0. The van der Waals surface area contributed by atoms with E-state index in [-0.39, 0.29) is 15.7 Å². The standard InChI is InChI=1S/C25H15Cl2NO4/c26-16-10-5-11-17(27)21(16)28-22(29)19-18-12-6-1-3-8-14(12)25(24(31)32,20(19)23(28)30)15-9-4-2-7-13(15)18/h1-11,18-20H,(H,31,32). The van der Waals surface area contributed by atoms with Gasteiger partial charge in [0.1, 0.15) is 5.41 Å². The maximum atomic E-state index is 13.9. The first-order valence-corrected chi connectivity index (χ1v) is 10.9. The van der Waals surface area contributed by atoms with E-state index in [0.717, 1.165) is 16.0 Å². The van der Waals surface area contributed by atoms with Crippen LogP contribution in [0.4, 0.5) is 5.69 Å². The Balaban J connectivity index is 1.69. The smallest absolute Gasteiger partial charge is 0.319 e. The number of amides is 2. The average molecular weight is 464 g/mol. The lowest BCUT2D eigenvalue weighted by atomic mass is 9.47. The molecular weight excluding hydrogens is 449 g/mol. The number of rotatable bonds is 2. The number of para-hydroxylation sites is 1. The number of aliphatic carboxylic acids is 1. The molecule has 1 heterocycles. The van der Waals surface area contributed by atoms with E-state index >= 15 is 0 Å². The van der Waals surface area contributed by atoms with Crippen LogP contribution < -0.4 is 4.90 Å². The summed E-state index contributed by atoms with van der Waals surface area (Å²) in [6.45, 7) is 0. The van der Waals surface area contributed by atoms with Crippen LogP contribution in [0.2, 0.25) is 10.0 Å². The number of carboxylic acids is 1. The van der Waals surface area contributed by atoms with Crippen LogP contribution in [0.5, 0.6) is 0 Å². The molecule has 158 valence electrons. The molecule has 7 heteroatoms. The maximum Gasteiger partial charge on any atom is 0.319 e. The van der Waals surface area contributed by atoms with Crippen molar-refractivity contribution >= 4 is 46.7 Å². The maximum absolute atomic E-state index is 13.9. The zero-order valence-electron chi connectivity index (χ0n) is 16.5. The summed E-state index contributed by atoms with van der Waals surface area (Å²) in [5, 5.41) is 11.0. The molecule has 1 N–H and O–H groups in total. The Hall–Kier alpha value is -3.15. The molecule has 3 aliphatic carbocycles. The van der Waals surface area contributed by atoms with Crippen LogP contribution in [0.25, 0.3) is 0 Å². The van der Waals surface area contributed by atoms with Gasteiger partial charge in [0, 0.05) is 5.92 Å². The van der Waals surface area contributed by atoms with E-state index in [1.165, 1.54) is 0 Å². The minimum Gasteiger partial charge on any atom is -0.480 e. The molecule has 1 aliphatic heterocycles. The second-order valence-electron chi connectivity index (χ2n) is 8.35. The van der Waals surface area contributed by atoms with Crippen LogP contribution in [0.3, 0.4) is 0 Å². The third-order valence-electron chi connectivity index (χ3n) is 7.12. The summed E-state index contributed by atoms with van der Waals surface area (Å²) < 4.78 is 0. The molecule has 2 atom stereocenters. The second kappa shape index (κ2) is 6.44. The number of carboxylic acid groups (broad SMARTS) is 1. The van der Waals surface area contributed by atoms with Gasteiger partial charge in [0.25, 0.3) is 0 Å². The molecule has 5 nitrogen and oxygen atoms in total. The van der Waals surface area contributed by atoms with E-state index in [9.17, 15) is 19.5 Å². The minimum absolute atomic E-state index is 0.105. The van der Waals surface area contributed by atoms with Crippen LogP contribution in [-0.4, -0.2) is 22.9 Å². The van der Waals surface area contributed by atoms with E-state index < -0.39 is 41.0 Å². The lowest BCUT2D eigenvalue weighted by Crippen LogP contribution is -2.57. The highest BCUT2D eigenvalue weighted by Gasteiger charge is 2.71. The van der Waals surface area contributed by atoms with Crippen molar-refractivity contribution in [2.24, 2.45) is 11.8 Å².